The normalized spacial score (nSPS) is 10.3. The van der Waals surface area contributed by atoms with Crippen LogP contribution in [-0.4, -0.2) is 36.8 Å². The fourth-order valence-electron chi connectivity index (χ4n) is 3.04. The molecule has 0 saturated carbocycles. The Morgan fingerprint density at radius 2 is 1.76 bits per heavy atom. The van der Waals surface area contributed by atoms with Crippen LogP contribution >= 0.6 is 27.3 Å². The molecule has 0 radical (unpaired) electrons. The number of nitrogen functional groups attached to an aromatic ring is 1. The molecule has 0 aliphatic carbocycles. The number of fused-ring (bicyclic) bond motifs is 1. The van der Waals surface area contributed by atoms with Gasteiger partial charge in [-0.1, -0.05) is 15.9 Å². The maximum atomic E-state index is 12.7. The first-order valence-corrected chi connectivity index (χ1v) is 11.6. The second-order valence-corrected chi connectivity index (χ2v) is 8.66. The van der Waals surface area contributed by atoms with E-state index in [1.165, 1.54) is 11.3 Å². The van der Waals surface area contributed by atoms with Crippen molar-refractivity contribution in [2.45, 2.75) is 6.92 Å². The van der Waals surface area contributed by atoms with E-state index in [4.69, 9.17) is 25.3 Å². The van der Waals surface area contributed by atoms with Gasteiger partial charge in [-0.05, 0) is 61.5 Å². The first-order chi connectivity index (χ1) is 15.9. The Morgan fingerprint density at radius 1 is 1.09 bits per heavy atom. The number of halogens is 1. The molecule has 172 valence electrons. The second kappa shape index (κ2) is 11.1. The molecule has 0 bridgehead atoms. The fraction of sp³-hybridized carbons (Fsp3) is 0.167. The number of aliphatic hydroxyl groups excluding tert-OH is 1. The Kier molecular flexibility index (Phi) is 8.26. The molecule has 0 unspecified atom stereocenters. The summed E-state index contributed by atoms with van der Waals surface area (Å²) >= 11 is 4.65. The molecule has 2 heterocycles. The van der Waals surface area contributed by atoms with Crippen molar-refractivity contribution in [1.82, 2.24) is 4.98 Å². The summed E-state index contributed by atoms with van der Waals surface area (Å²) in [5, 5.41) is 11.2. The van der Waals surface area contributed by atoms with Gasteiger partial charge in [0.15, 0.2) is 11.5 Å². The number of thiophene rings is 1. The molecule has 0 spiro atoms. The number of hydrogen-bond donors (Lipinski definition) is 3. The number of pyridine rings is 1. The standard InChI is InChI=1S/C22H18BrN3O3S.C2H6O/c1-28-17-10-3-12(11-18(17)29-2)16-9-8-15-19(24)20(30-22(15)26-16)21(27)25-14-6-4-13(23)5-7-14;1-2-3/h3-11H,24H2,1-2H3,(H,25,27);3H,2H2,1H3. The van der Waals surface area contributed by atoms with Crippen LogP contribution < -0.4 is 20.5 Å². The maximum absolute atomic E-state index is 12.7. The van der Waals surface area contributed by atoms with Crippen LogP contribution in [0, 0.1) is 0 Å². The van der Waals surface area contributed by atoms with Gasteiger partial charge in [0.1, 0.15) is 9.71 Å². The zero-order chi connectivity index (χ0) is 24.0. The van der Waals surface area contributed by atoms with Crippen LogP contribution in [0.15, 0.2) is 59.1 Å². The van der Waals surface area contributed by atoms with E-state index in [0.717, 1.165) is 21.1 Å². The van der Waals surface area contributed by atoms with Gasteiger partial charge in [0, 0.05) is 27.7 Å². The minimum Gasteiger partial charge on any atom is -0.493 e. The lowest BCUT2D eigenvalue weighted by atomic mass is 10.1. The molecule has 2 aromatic carbocycles. The molecular formula is C24H24BrN3O4S. The number of nitrogens with two attached hydrogens (primary N) is 1. The number of nitrogens with zero attached hydrogens (tertiary/aromatic N) is 1. The molecule has 4 rings (SSSR count). The number of amides is 1. The number of carbonyl (C=O) groups excluding carboxylic acids is 1. The molecule has 4 aromatic rings. The van der Waals surface area contributed by atoms with Gasteiger partial charge in [-0.2, -0.15) is 0 Å². The topological polar surface area (TPSA) is 107 Å². The summed E-state index contributed by atoms with van der Waals surface area (Å²) in [4.78, 5) is 18.6. The molecule has 33 heavy (non-hydrogen) atoms. The second-order valence-electron chi connectivity index (χ2n) is 6.74. The van der Waals surface area contributed by atoms with Crippen LogP contribution in [0.25, 0.3) is 21.5 Å². The van der Waals surface area contributed by atoms with Crippen LogP contribution in [0.2, 0.25) is 0 Å². The van der Waals surface area contributed by atoms with Crippen LogP contribution in [0.4, 0.5) is 11.4 Å². The first kappa shape index (κ1) is 24.5. The molecule has 2 aromatic heterocycles. The quantitative estimate of drug-likeness (QED) is 0.311. The van der Waals surface area contributed by atoms with E-state index in [2.05, 4.69) is 21.2 Å². The number of nitrogens with one attached hydrogen (secondary N) is 1. The van der Waals surface area contributed by atoms with Crippen LogP contribution in [-0.2, 0) is 0 Å². The Bertz CT molecular complexity index is 1260. The van der Waals surface area contributed by atoms with E-state index in [1.54, 1.807) is 21.1 Å². The highest BCUT2D eigenvalue weighted by atomic mass is 79.9. The molecule has 7 nitrogen and oxygen atoms in total. The number of benzene rings is 2. The van der Waals surface area contributed by atoms with Gasteiger partial charge < -0.3 is 25.6 Å². The average Bonchev–Trinajstić information content (AvgIpc) is 3.16. The van der Waals surface area contributed by atoms with Gasteiger partial charge in [-0.3, -0.25) is 4.79 Å². The summed E-state index contributed by atoms with van der Waals surface area (Å²) in [7, 11) is 3.19. The molecule has 1 amide bonds. The van der Waals surface area contributed by atoms with Crippen LogP contribution in [0.5, 0.6) is 11.5 Å². The Morgan fingerprint density at radius 3 is 2.39 bits per heavy atom. The third-order valence-corrected chi connectivity index (χ3v) is 6.22. The molecule has 0 aliphatic heterocycles. The lowest BCUT2D eigenvalue weighted by Crippen LogP contribution is -2.11. The first-order valence-electron chi connectivity index (χ1n) is 10.0. The van der Waals surface area contributed by atoms with E-state index in [1.807, 2.05) is 54.6 Å². The summed E-state index contributed by atoms with van der Waals surface area (Å²) in [6, 6.07) is 16.7. The summed E-state index contributed by atoms with van der Waals surface area (Å²) in [5.41, 5.74) is 9.01. The van der Waals surface area contributed by atoms with Gasteiger partial charge in [-0.15, -0.1) is 11.3 Å². The van der Waals surface area contributed by atoms with Crippen molar-refractivity contribution in [3.8, 4) is 22.8 Å². The lowest BCUT2D eigenvalue weighted by molar-refractivity contribution is 0.103. The number of carbonyl (C=O) groups is 1. The third-order valence-electron chi connectivity index (χ3n) is 4.58. The molecule has 0 fully saturated rings. The van der Waals surface area contributed by atoms with E-state index < -0.39 is 0 Å². The van der Waals surface area contributed by atoms with Gasteiger partial charge in [0.25, 0.3) is 5.91 Å². The Balaban J connectivity index is 0.000000968. The van der Waals surface area contributed by atoms with Gasteiger partial charge in [0.2, 0.25) is 0 Å². The number of rotatable bonds is 5. The highest BCUT2D eigenvalue weighted by Crippen LogP contribution is 2.36. The number of aliphatic hydroxyl groups is 1. The zero-order valence-electron chi connectivity index (χ0n) is 18.4. The number of aromatic nitrogens is 1. The minimum atomic E-state index is -0.259. The lowest BCUT2D eigenvalue weighted by Gasteiger charge is -2.09. The van der Waals surface area contributed by atoms with Crippen LogP contribution in [0.3, 0.4) is 0 Å². The summed E-state index contributed by atoms with van der Waals surface area (Å²) in [6.45, 7) is 1.93. The Labute approximate surface area is 204 Å². The largest absolute Gasteiger partial charge is 0.493 e. The number of anilines is 2. The van der Waals surface area contributed by atoms with Crippen molar-refractivity contribution in [1.29, 1.82) is 0 Å². The SMILES string of the molecule is CCO.COc1ccc(-c2ccc3c(N)c(C(=O)Nc4ccc(Br)cc4)sc3n2)cc1OC. The van der Waals surface area contributed by atoms with E-state index in [-0.39, 0.29) is 12.5 Å². The van der Waals surface area contributed by atoms with Gasteiger partial charge in [0.05, 0.1) is 25.6 Å². The van der Waals surface area contributed by atoms with Gasteiger partial charge >= 0.3 is 0 Å². The van der Waals surface area contributed by atoms with Crippen LogP contribution in [0.1, 0.15) is 16.6 Å². The molecule has 4 N–H and O–H groups in total. The summed E-state index contributed by atoms with van der Waals surface area (Å²) < 4.78 is 11.6. The molecule has 9 heteroatoms. The highest BCUT2D eigenvalue weighted by Gasteiger charge is 2.18. The van der Waals surface area contributed by atoms with Crippen molar-refractivity contribution in [3.05, 3.63) is 63.9 Å². The van der Waals surface area contributed by atoms with Crippen molar-refractivity contribution in [2.75, 3.05) is 31.9 Å². The van der Waals surface area contributed by atoms with E-state index in [9.17, 15) is 4.79 Å². The fourth-order valence-corrected chi connectivity index (χ4v) is 4.30. The number of methoxy groups -OCH3 is 2. The van der Waals surface area contributed by atoms with E-state index in [0.29, 0.717) is 32.6 Å². The Hall–Kier alpha value is -3.14. The van der Waals surface area contributed by atoms with E-state index >= 15 is 0 Å². The maximum Gasteiger partial charge on any atom is 0.267 e. The average molecular weight is 530 g/mol. The summed E-state index contributed by atoms with van der Waals surface area (Å²) in [6.07, 6.45) is 0. The monoisotopic (exact) mass is 529 g/mol. The number of ether oxygens (including phenoxy) is 2. The minimum absolute atomic E-state index is 0.250. The molecule has 0 saturated heterocycles. The van der Waals surface area contributed by atoms with Crippen molar-refractivity contribution in [3.63, 3.8) is 0 Å². The summed E-state index contributed by atoms with van der Waals surface area (Å²) in [5.74, 6) is 1.01. The van der Waals surface area contributed by atoms with Gasteiger partial charge in [-0.25, -0.2) is 4.98 Å². The molecular weight excluding hydrogens is 506 g/mol. The predicted molar refractivity (Wildman–Crippen MR) is 137 cm³/mol. The zero-order valence-corrected chi connectivity index (χ0v) is 20.8. The van der Waals surface area contributed by atoms with Crippen molar-refractivity contribution >= 4 is 54.8 Å². The third kappa shape index (κ3) is 5.62. The van der Waals surface area contributed by atoms with Crippen molar-refractivity contribution < 1.29 is 19.4 Å². The number of hydrogen-bond acceptors (Lipinski definition) is 7. The molecule has 0 atom stereocenters. The molecule has 0 aliphatic rings. The van der Waals surface area contributed by atoms with Crippen molar-refractivity contribution in [2.24, 2.45) is 0 Å². The predicted octanol–water partition coefficient (Wildman–Crippen LogP) is 5.58. The highest BCUT2D eigenvalue weighted by molar-refractivity contribution is 9.10. The smallest absolute Gasteiger partial charge is 0.267 e.